The molecule has 0 fully saturated rings. The summed E-state index contributed by atoms with van der Waals surface area (Å²) in [4.78, 5) is 9.12. The van der Waals surface area contributed by atoms with Gasteiger partial charge < -0.3 is 10.2 Å². The lowest BCUT2D eigenvalue weighted by molar-refractivity contribution is -0.140. The third kappa shape index (κ3) is 9.90. The molecule has 4 radical (unpaired) electrons. The highest BCUT2D eigenvalue weighted by molar-refractivity contribution is 5.67. The van der Waals surface area contributed by atoms with Gasteiger partial charge in [0, 0.05) is 7.43 Å². The van der Waals surface area contributed by atoms with Crippen LogP contribution in [0.3, 0.4) is 0 Å². The van der Waals surface area contributed by atoms with Gasteiger partial charge in [0.05, 0.1) is 0 Å². The zero-order chi connectivity index (χ0) is 4.28. The van der Waals surface area contributed by atoms with Crippen LogP contribution in [-0.4, -0.2) is 22.8 Å². The quantitative estimate of drug-likeness (QED) is 0.438. The third-order valence-electron chi connectivity index (χ3n) is 0.135. The van der Waals surface area contributed by atoms with Crippen LogP contribution in [0, 0.1) is 7.43 Å². The van der Waals surface area contributed by atoms with E-state index in [0.29, 0.717) is 0 Å². The Kier molecular flexibility index (Phi) is 6.69. The Hall–Kier alpha value is -0.570. The molecule has 0 amide bonds. The number of aliphatic hydroxyl groups is 1. The van der Waals surface area contributed by atoms with Crippen molar-refractivity contribution in [1.82, 2.24) is 0 Å². The van der Waals surface area contributed by atoms with Crippen LogP contribution in [0.25, 0.3) is 0 Å². The van der Waals surface area contributed by atoms with Crippen molar-refractivity contribution in [2.24, 2.45) is 0 Å². The molecular formula is C3H4O3. The smallest absolute Gasteiger partial charge is 0.329 e. The zero-order valence-corrected chi connectivity index (χ0v) is 3.01. The Bertz CT molecular complexity index is 41.3. The van der Waals surface area contributed by atoms with Gasteiger partial charge in [0.1, 0.15) is 6.61 Å². The minimum Gasteiger partial charge on any atom is -0.480 e. The van der Waals surface area contributed by atoms with Crippen molar-refractivity contribution in [3.8, 4) is 0 Å². The van der Waals surface area contributed by atoms with E-state index in [9.17, 15) is 0 Å². The topological polar surface area (TPSA) is 57.5 Å². The van der Waals surface area contributed by atoms with Gasteiger partial charge in [0.2, 0.25) is 0 Å². The highest BCUT2D eigenvalue weighted by Crippen LogP contribution is 1.48. The maximum atomic E-state index is 9.12. The minimum absolute atomic E-state index is 0. The first kappa shape index (κ1) is 9.06. The lowest BCUT2D eigenvalue weighted by atomic mass is 10.8. The Labute approximate surface area is 36.2 Å². The van der Waals surface area contributed by atoms with Gasteiger partial charge in [-0.05, 0) is 0 Å². The van der Waals surface area contributed by atoms with Crippen LogP contribution in [0.1, 0.15) is 0 Å². The van der Waals surface area contributed by atoms with Crippen molar-refractivity contribution in [3.05, 3.63) is 7.43 Å². The van der Waals surface area contributed by atoms with Crippen molar-refractivity contribution in [3.63, 3.8) is 0 Å². The van der Waals surface area contributed by atoms with Crippen LogP contribution >= 0.6 is 0 Å². The summed E-state index contributed by atoms with van der Waals surface area (Å²) in [6.07, 6.45) is 0. The summed E-state index contributed by atoms with van der Waals surface area (Å²) in [6.45, 7) is -0.778. The molecule has 0 saturated carbocycles. The third-order valence-corrected chi connectivity index (χ3v) is 0.135. The number of aliphatic carboxylic acids is 1. The molecule has 0 aromatic heterocycles. The van der Waals surface area contributed by atoms with Crippen molar-refractivity contribution in [2.45, 2.75) is 0 Å². The SMILES string of the molecule is O=C(O)CO.[C]. The van der Waals surface area contributed by atoms with E-state index in [1.165, 1.54) is 0 Å². The Morgan fingerprint density at radius 2 is 1.83 bits per heavy atom. The molecule has 0 saturated heterocycles. The highest BCUT2D eigenvalue weighted by Gasteiger charge is 1.82. The maximum absolute atomic E-state index is 9.12. The molecule has 0 aliphatic rings. The Morgan fingerprint density at radius 3 is 1.83 bits per heavy atom. The summed E-state index contributed by atoms with van der Waals surface area (Å²) in [5.74, 6) is -1.19. The number of rotatable bonds is 1. The fourth-order valence-corrected chi connectivity index (χ4v) is 0. The molecule has 0 spiro atoms. The van der Waals surface area contributed by atoms with E-state index in [2.05, 4.69) is 0 Å². The van der Waals surface area contributed by atoms with E-state index in [-0.39, 0.29) is 7.43 Å². The van der Waals surface area contributed by atoms with Crippen molar-refractivity contribution in [1.29, 1.82) is 0 Å². The highest BCUT2D eigenvalue weighted by atomic mass is 16.4. The summed E-state index contributed by atoms with van der Waals surface area (Å²) >= 11 is 0. The molecule has 34 valence electrons. The first-order valence-corrected chi connectivity index (χ1v) is 1.10. The number of hydrogen-bond donors (Lipinski definition) is 2. The van der Waals surface area contributed by atoms with E-state index in [4.69, 9.17) is 15.0 Å². The number of aliphatic hydroxyl groups excluding tert-OH is 1. The van der Waals surface area contributed by atoms with Crippen LogP contribution in [0.4, 0.5) is 0 Å². The number of carbonyl (C=O) groups is 1. The summed E-state index contributed by atoms with van der Waals surface area (Å²) in [5.41, 5.74) is 0. The van der Waals surface area contributed by atoms with E-state index in [1.54, 1.807) is 0 Å². The molecular weight excluding hydrogens is 84.0 g/mol. The largest absolute Gasteiger partial charge is 0.480 e. The van der Waals surface area contributed by atoms with E-state index in [0.717, 1.165) is 0 Å². The first-order valence-electron chi connectivity index (χ1n) is 1.10. The molecule has 0 bridgehead atoms. The molecule has 3 heteroatoms. The van der Waals surface area contributed by atoms with Crippen molar-refractivity contribution < 1.29 is 15.0 Å². The molecule has 0 rings (SSSR count). The van der Waals surface area contributed by atoms with E-state index < -0.39 is 12.6 Å². The molecule has 0 unspecified atom stereocenters. The molecule has 6 heavy (non-hydrogen) atoms. The van der Waals surface area contributed by atoms with Crippen LogP contribution in [0.2, 0.25) is 0 Å². The predicted octanol–water partition coefficient (Wildman–Crippen LogP) is -0.855. The van der Waals surface area contributed by atoms with Crippen molar-refractivity contribution in [2.75, 3.05) is 6.61 Å². The lowest BCUT2D eigenvalue weighted by Gasteiger charge is -1.72. The number of carboxylic acid groups (broad SMARTS) is 1. The molecule has 0 aromatic carbocycles. The normalized spacial score (nSPS) is 6.17. The van der Waals surface area contributed by atoms with Crippen LogP contribution < -0.4 is 0 Å². The van der Waals surface area contributed by atoms with Gasteiger partial charge in [-0.15, -0.1) is 0 Å². The molecule has 2 N–H and O–H groups in total. The predicted molar refractivity (Wildman–Crippen MR) is 18.0 cm³/mol. The van der Waals surface area contributed by atoms with Gasteiger partial charge in [-0.3, -0.25) is 0 Å². The van der Waals surface area contributed by atoms with Gasteiger partial charge in [-0.2, -0.15) is 0 Å². The first-order chi connectivity index (χ1) is 2.27. The Morgan fingerprint density at radius 1 is 1.67 bits per heavy atom. The summed E-state index contributed by atoms with van der Waals surface area (Å²) in [5, 5.41) is 15.0. The fourth-order valence-electron chi connectivity index (χ4n) is 0. The van der Waals surface area contributed by atoms with Gasteiger partial charge >= 0.3 is 5.97 Å². The zero-order valence-electron chi connectivity index (χ0n) is 3.01. The van der Waals surface area contributed by atoms with Gasteiger partial charge in [-0.1, -0.05) is 0 Å². The molecule has 0 heterocycles. The minimum atomic E-state index is -1.19. The van der Waals surface area contributed by atoms with Crippen LogP contribution in [0.5, 0.6) is 0 Å². The second kappa shape index (κ2) is 4.43. The van der Waals surface area contributed by atoms with Gasteiger partial charge in [-0.25, -0.2) is 4.79 Å². The number of carboxylic acids is 1. The monoisotopic (exact) mass is 88.0 g/mol. The fraction of sp³-hybridized carbons (Fsp3) is 0.333. The van der Waals surface area contributed by atoms with Crippen LogP contribution in [0.15, 0.2) is 0 Å². The maximum Gasteiger partial charge on any atom is 0.329 e. The van der Waals surface area contributed by atoms with Gasteiger partial charge in [0.25, 0.3) is 0 Å². The standard InChI is InChI=1S/C2H4O3.C/c3-1-2(4)5;/h3H,1H2,(H,4,5);. The Balaban J connectivity index is 0. The second-order valence-corrected chi connectivity index (χ2v) is 0.552. The van der Waals surface area contributed by atoms with Crippen LogP contribution in [-0.2, 0) is 4.79 Å². The average Bonchev–Trinajstić information content (AvgIpc) is 1.38. The lowest BCUT2D eigenvalue weighted by Crippen LogP contribution is -1.98. The van der Waals surface area contributed by atoms with Crippen molar-refractivity contribution >= 4 is 5.97 Å². The molecule has 0 aliphatic carbocycles. The summed E-state index contributed by atoms with van der Waals surface area (Å²) in [7, 11) is 0. The molecule has 3 nitrogen and oxygen atoms in total. The second-order valence-electron chi connectivity index (χ2n) is 0.552. The van der Waals surface area contributed by atoms with Gasteiger partial charge in [0.15, 0.2) is 0 Å². The summed E-state index contributed by atoms with van der Waals surface area (Å²) < 4.78 is 0. The average molecular weight is 88.1 g/mol. The van der Waals surface area contributed by atoms with E-state index in [1.807, 2.05) is 0 Å². The number of hydrogen-bond acceptors (Lipinski definition) is 2. The van der Waals surface area contributed by atoms with E-state index >= 15 is 0 Å². The molecule has 0 aromatic rings. The summed E-state index contributed by atoms with van der Waals surface area (Å²) in [6, 6.07) is 0. The molecule has 0 atom stereocenters. The molecule has 0 aliphatic heterocycles.